The SMILES string of the molecule is O=COCc1cccc(OC2=C/CCCC/C=C\2)c1. The number of hydrogen-bond donors (Lipinski definition) is 0. The molecule has 0 bridgehead atoms. The molecule has 0 aromatic heterocycles. The van der Waals surface area contributed by atoms with E-state index in [9.17, 15) is 4.79 Å². The molecule has 1 aliphatic rings. The molecule has 3 nitrogen and oxygen atoms in total. The standard InChI is InChI=1S/C16H18O3/c17-13-18-12-14-7-6-10-16(11-14)19-15-8-4-2-1-3-5-9-15/h4,6-11,13H,1-3,5,12H2/b8-4-,15-9+. The van der Waals surface area contributed by atoms with Crippen molar-refractivity contribution in [3.05, 3.63) is 53.8 Å². The fourth-order valence-electron chi connectivity index (χ4n) is 1.96. The summed E-state index contributed by atoms with van der Waals surface area (Å²) in [5, 5.41) is 0. The van der Waals surface area contributed by atoms with Gasteiger partial charge in [0, 0.05) is 0 Å². The average molecular weight is 258 g/mol. The van der Waals surface area contributed by atoms with Gasteiger partial charge in [-0.1, -0.05) is 18.2 Å². The highest BCUT2D eigenvalue weighted by Gasteiger charge is 2.01. The molecule has 0 aliphatic heterocycles. The van der Waals surface area contributed by atoms with Crippen molar-refractivity contribution in [1.82, 2.24) is 0 Å². The third-order valence-corrected chi connectivity index (χ3v) is 2.90. The lowest BCUT2D eigenvalue weighted by molar-refractivity contribution is -0.129. The molecule has 0 fully saturated rings. The lowest BCUT2D eigenvalue weighted by Gasteiger charge is -2.10. The smallest absolute Gasteiger partial charge is 0.293 e. The molecule has 0 saturated heterocycles. The van der Waals surface area contributed by atoms with Crippen LogP contribution in [0, 0.1) is 0 Å². The van der Waals surface area contributed by atoms with Crippen LogP contribution in [-0.2, 0) is 16.1 Å². The van der Waals surface area contributed by atoms with E-state index in [1.54, 1.807) is 0 Å². The number of rotatable bonds is 5. The fourth-order valence-corrected chi connectivity index (χ4v) is 1.96. The summed E-state index contributed by atoms with van der Waals surface area (Å²) in [6, 6.07) is 7.58. The summed E-state index contributed by atoms with van der Waals surface area (Å²) >= 11 is 0. The third-order valence-electron chi connectivity index (χ3n) is 2.90. The zero-order chi connectivity index (χ0) is 13.3. The minimum absolute atomic E-state index is 0.273. The second-order valence-corrected chi connectivity index (χ2v) is 4.45. The minimum Gasteiger partial charge on any atom is -0.463 e. The third kappa shape index (κ3) is 4.62. The van der Waals surface area contributed by atoms with E-state index in [1.165, 1.54) is 12.8 Å². The summed E-state index contributed by atoms with van der Waals surface area (Å²) < 4.78 is 10.6. The molecular formula is C16H18O3. The van der Waals surface area contributed by atoms with E-state index >= 15 is 0 Å². The summed E-state index contributed by atoms with van der Waals surface area (Å²) in [5.41, 5.74) is 0.917. The number of ether oxygens (including phenoxy) is 2. The van der Waals surface area contributed by atoms with Crippen molar-refractivity contribution in [3.8, 4) is 5.75 Å². The molecule has 100 valence electrons. The minimum atomic E-state index is 0.273. The van der Waals surface area contributed by atoms with E-state index in [0.717, 1.165) is 29.9 Å². The molecular weight excluding hydrogens is 240 g/mol. The van der Waals surface area contributed by atoms with Gasteiger partial charge in [0.05, 0.1) is 0 Å². The van der Waals surface area contributed by atoms with Crippen LogP contribution in [0.15, 0.2) is 48.3 Å². The second kappa shape index (κ2) is 7.41. The lowest BCUT2D eigenvalue weighted by Crippen LogP contribution is -1.96. The Hall–Kier alpha value is -2.03. The largest absolute Gasteiger partial charge is 0.463 e. The van der Waals surface area contributed by atoms with Crippen molar-refractivity contribution in [2.75, 3.05) is 0 Å². The first-order valence-electron chi connectivity index (χ1n) is 6.57. The molecule has 0 spiro atoms. The van der Waals surface area contributed by atoms with Gasteiger partial charge in [0.1, 0.15) is 18.1 Å². The Balaban J connectivity index is 2.03. The Kier molecular flexibility index (Phi) is 5.23. The van der Waals surface area contributed by atoms with Crippen LogP contribution in [0.3, 0.4) is 0 Å². The molecule has 0 N–H and O–H groups in total. The van der Waals surface area contributed by atoms with Crippen LogP contribution in [0.4, 0.5) is 0 Å². The van der Waals surface area contributed by atoms with Crippen molar-refractivity contribution in [2.24, 2.45) is 0 Å². The van der Waals surface area contributed by atoms with Crippen LogP contribution in [0.1, 0.15) is 31.2 Å². The summed E-state index contributed by atoms with van der Waals surface area (Å²) in [4.78, 5) is 10.2. The highest BCUT2D eigenvalue weighted by Crippen LogP contribution is 2.19. The Morgan fingerprint density at radius 2 is 2.11 bits per heavy atom. The highest BCUT2D eigenvalue weighted by molar-refractivity contribution is 5.38. The van der Waals surface area contributed by atoms with Gasteiger partial charge in [-0.15, -0.1) is 0 Å². The predicted molar refractivity (Wildman–Crippen MR) is 73.6 cm³/mol. The number of allylic oxidation sites excluding steroid dienone is 3. The molecule has 0 unspecified atom stereocenters. The Morgan fingerprint density at radius 1 is 1.21 bits per heavy atom. The van der Waals surface area contributed by atoms with E-state index in [4.69, 9.17) is 9.47 Å². The van der Waals surface area contributed by atoms with E-state index < -0.39 is 0 Å². The van der Waals surface area contributed by atoms with E-state index in [2.05, 4.69) is 12.2 Å². The summed E-state index contributed by atoms with van der Waals surface area (Å²) in [5.74, 6) is 1.65. The van der Waals surface area contributed by atoms with E-state index in [-0.39, 0.29) is 6.61 Å². The van der Waals surface area contributed by atoms with E-state index in [0.29, 0.717) is 6.47 Å². The molecule has 1 aromatic carbocycles. The molecule has 19 heavy (non-hydrogen) atoms. The second-order valence-electron chi connectivity index (χ2n) is 4.45. The first-order chi connectivity index (χ1) is 9.38. The maximum atomic E-state index is 10.2. The van der Waals surface area contributed by atoms with Crippen LogP contribution in [0.5, 0.6) is 5.75 Å². The Morgan fingerprint density at radius 3 is 3.00 bits per heavy atom. The maximum absolute atomic E-state index is 10.2. The number of benzene rings is 1. The first-order valence-corrected chi connectivity index (χ1v) is 6.57. The molecule has 0 radical (unpaired) electrons. The number of carbonyl (C=O) groups is 1. The van der Waals surface area contributed by atoms with Crippen molar-refractivity contribution >= 4 is 6.47 Å². The van der Waals surface area contributed by atoms with Gasteiger partial charge in [-0.3, -0.25) is 4.79 Å². The summed E-state index contributed by atoms with van der Waals surface area (Å²) in [7, 11) is 0. The molecule has 0 atom stereocenters. The maximum Gasteiger partial charge on any atom is 0.293 e. The quantitative estimate of drug-likeness (QED) is 0.754. The van der Waals surface area contributed by atoms with Crippen molar-refractivity contribution in [3.63, 3.8) is 0 Å². The van der Waals surface area contributed by atoms with Gasteiger partial charge in [-0.2, -0.15) is 0 Å². The van der Waals surface area contributed by atoms with Crippen molar-refractivity contribution < 1.29 is 14.3 Å². The fraction of sp³-hybridized carbons (Fsp3) is 0.312. The van der Waals surface area contributed by atoms with Crippen LogP contribution < -0.4 is 4.74 Å². The van der Waals surface area contributed by atoms with Gasteiger partial charge in [-0.25, -0.2) is 0 Å². The van der Waals surface area contributed by atoms with Gasteiger partial charge in [0.2, 0.25) is 0 Å². The predicted octanol–water partition coefficient (Wildman–Crippen LogP) is 3.75. The summed E-state index contributed by atoms with van der Waals surface area (Å²) in [6.45, 7) is 0.725. The summed E-state index contributed by atoms with van der Waals surface area (Å²) in [6.07, 6.45) is 10.9. The van der Waals surface area contributed by atoms with Gasteiger partial charge in [0.15, 0.2) is 0 Å². The van der Waals surface area contributed by atoms with Gasteiger partial charge in [-0.05, 0) is 55.5 Å². The molecule has 0 amide bonds. The molecule has 0 saturated carbocycles. The van der Waals surface area contributed by atoms with Gasteiger partial charge < -0.3 is 9.47 Å². The molecule has 1 aromatic rings. The molecule has 1 aliphatic carbocycles. The van der Waals surface area contributed by atoms with Crippen LogP contribution in [0.25, 0.3) is 0 Å². The molecule has 0 heterocycles. The van der Waals surface area contributed by atoms with Crippen LogP contribution >= 0.6 is 0 Å². The van der Waals surface area contributed by atoms with Gasteiger partial charge >= 0.3 is 0 Å². The Bertz CT molecular complexity index is 475. The van der Waals surface area contributed by atoms with Crippen LogP contribution in [-0.4, -0.2) is 6.47 Å². The number of hydrogen-bond acceptors (Lipinski definition) is 3. The zero-order valence-corrected chi connectivity index (χ0v) is 10.9. The van der Waals surface area contributed by atoms with Crippen molar-refractivity contribution in [2.45, 2.75) is 32.3 Å². The highest BCUT2D eigenvalue weighted by atomic mass is 16.5. The van der Waals surface area contributed by atoms with Crippen LogP contribution in [0.2, 0.25) is 0 Å². The monoisotopic (exact) mass is 258 g/mol. The van der Waals surface area contributed by atoms with Crippen molar-refractivity contribution in [1.29, 1.82) is 0 Å². The van der Waals surface area contributed by atoms with E-state index in [1.807, 2.05) is 30.3 Å². The molecule has 2 rings (SSSR count). The topological polar surface area (TPSA) is 35.5 Å². The normalized spacial score (nSPS) is 19.5. The zero-order valence-electron chi connectivity index (χ0n) is 10.9. The van der Waals surface area contributed by atoms with Gasteiger partial charge in [0.25, 0.3) is 6.47 Å². The average Bonchev–Trinajstić information content (AvgIpc) is 2.40. The number of carbonyl (C=O) groups excluding carboxylic acids is 1. The Labute approximate surface area is 113 Å². The molecule has 3 heteroatoms. The lowest BCUT2D eigenvalue weighted by atomic mass is 10.1. The first kappa shape index (κ1) is 13.4.